The number of hydrogen-bond donors (Lipinski definition) is 4. The summed E-state index contributed by atoms with van der Waals surface area (Å²) in [7, 11) is 0. The third kappa shape index (κ3) is 6.37. The number of benzene rings is 1. The second kappa shape index (κ2) is 11.2. The first-order chi connectivity index (χ1) is 15.9. The van der Waals surface area contributed by atoms with Gasteiger partial charge in [-0.2, -0.15) is 0 Å². The molecule has 2 aromatic rings. The summed E-state index contributed by atoms with van der Waals surface area (Å²) in [4.78, 5) is 29.4. The Labute approximate surface area is 190 Å². The molecule has 1 aliphatic rings. The van der Waals surface area contributed by atoms with Gasteiger partial charge in [0.1, 0.15) is 17.2 Å². The van der Waals surface area contributed by atoms with Crippen LogP contribution in [-0.4, -0.2) is 59.0 Å². The van der Waals surface area contributed by atoms with Crippen molar-refractivity contribution in [1.82, 2.24) is 9.88 Å². The lowest BCUT2D eigenvalue weighted by atomic mass is 10.2. The Morgan fingerprint density at radius 2 is 2.03 bits per heavy atom. The normalized spacial score (nSPS) is 16.6. The number of pyridine rings is 1. The average molecular weight is 457 g/mol. The summed E-state index contributed by atoms with van der Waals surface area (Å²) in [5, 5.41) is 20.1. The summed E-state index contributed by atoms with van der Waals surface area (Å²) >= 11 is 0. The van der Waals surface area contributed by atoms with Crippen molar-refractivity contribution in [3.63, 3.8) is 0 Å². The largest absolute Gasteiger partial charge is 0.455 e. The number of nitrogens with zero attached hydrogens (tertiary/aromatic N) is 4. The number of amides is 2. The quantitative estimate of drug-likeness (QED) is 0.344. The van der Waals surface area contributed by atoms with E-state index in [2.05, 4.69) is 20.5 Å². The van der Waals surface area contributed by atoms with Gasteiger partial charge < -0.3 is 36.3 Å². The van der Waals surface area contributed by atoms with E-state index >= 15 is 0 Å². The number of aromatic nitrogens is 1. The highest BCUT2D eigenvalue weighted by molar-refractivity contribution is 5.93. The number of aliphatic hydroxyl groups is 1. The molecular weight excluding hydrogens is 430 g/mol. The summed E-state index contributed by atoms with van der Waals surface area (Å²) in [6.45, 7) is 1.67. The first-order valence-corrected chi connectivity index (χ1v) is 10.4. The summed E-state index contributed by atoms with van der Waals surface area (Å²) in [5.74, 6) is 0.277. The van der Waals surface area contributed by atoms with E-state index in [1.54, 1.807) is 37.3 Å². The van der Waals surface area contributed by atoms with Crippen LogP contribution in [0.25, 0.3) is 0 Å². The molecule has 0 radical (unpaired) electrons. The molecule has 1 saturated heterocycles. The molecule has 1 aromatic carbocycles. The molecule has 1 fully saturated rings. The van der Waals surface area contributed by atoms with Gasteiger partial charge in [0.15, 0.2) is 11.6 Å². The smallest absolute Gasteiger partial charge is 0.412 e. The van der Waals surface area contributed by atoms with E-state index in [1.807, 2.05) is 0 Å². The van der Waals surface area contributed by atoms with E-state index in [0.29, 0.717) is 23.7 Å². The van der Waals surface area contributed by atoms with Crippen molar-refractivity contribution in [2.24, 2.45) is 16.0 Å². The lowest BCUT2D eigenvalue weighted by Gasteiger charge is -2.22. The first-order valence-electron chi connectivity index (χ1n) is 10.4. The van der Waals surface area contributed by atoms with Crippen molar-refractivity contribution in [2.45, 2.75) is 31.8 Å². The van der Waals surface area contributed by atoms with Gasteiger partial charge in [-0.1, -0.05) is 12.1 Å². The number of hydrogen-bond acceptors (Lipinski definition) is 10. The highest BCUT2D eigenvalue weighted by atomic mass is 16.7. The fourth-order valence-corrected chi connectivity index (χ4v) is 3.12. The molecule has 6 N–H and O–H groups in total. The van der Waals surface area contributed by atoms with Crippen molar-refractivity contribution in [1.29, 1.82) is 0 Å². The van der Waals surface area contributed by atoms with E-state index in [4.69, 9.17) is 20.9 Å². The first kappa shape index (κ1) is 23.9. The minimum atomic E-state index is -0.686. The molecule has 0 aliphatic carbocycles. The molecular formula is C21H27N7O5. The van der Waals surface area contributed by atoms with Gasteiger partial charge in [-0.3, -0.25) is 4.79 Å². The highest BCUT2D eigenvalue weighted by Gasteiger charge is 2.29. The molecule has 12 heteroatoms. The van der Waals surface area contributed by atoms with Crippen LogP contribution >= 0.6 is 0 Å². The molecule has 1 unspecified atom stereocenters. The lowest BCUT2D eigenvalue weighted by molar-refractivity contribution is -0.117. The van der Waals surface area contributed by atoms with E-state index in [1.165, 1.54) is 11.0 Å². The molecule has 1 aliphatic heterocycles. The monoisotopic (exact) mass is 457 g/mol. The number of likely N-dealkylation sites (tertiary alicyclic amines) is 1. The number of nitrogens with two attached hydrogens (primary N) is 2. The number of rotatable bonds is 8. The third-order valence-corrected chi connectivity index (χ3v) is 4.92. The maximum absolute atomic E-state index is 12.2. The van der Waals surface area contributed by atoms with Gasteiger partial charge in [-0.05, 0) is 44.0 Å². The zero-order chi connectivity index (χ0) is 23.8. The Hall–Kier alpha value is -3.77. The van der Waals surface area contributed by atoms with Crippen molar-refractivity contribution >= 4 is 35.0 Å². The summed E-state index contributed by atoms with van der Waals surface area (Å²) in [5.41, 5.74) is 12.1. The number of carbonyl (C=O) groups excluding carboxylic acids is 2. The van der Waals surface area contributed by atoms with E-state index in [9.17, 15) is 14.7 Å². The predicted molar refractivity (Wildman–Crippen MR) is 120 cm³/mol. The fraction of sp³-hybridized carbons (Fsp3) is 0.381. The molecule has 1 aromatic heterocycles. The van der Waals surface area contributed by atoms with Crippen LogP contribution in [0.15, 0.2) is 46.6 Å². The minimum absolute atomic E-state index is 0.0672. The van der Waals surface area contributed by atoms with Crippen LogP contribution in [-0.2, 0) is 9.53 Å². The second-order valence-corrected chi connectivity index (χ2v) is 7.39. The molecule has 12 nitrogen and oxygen atoms in total. The van der Waals surface area contributed by atoms with Gasteiger partial charge in [0, 0.05) is 6.54 Å². The number of nitrogens with one attached hydrogen (secondary N) is 1. The number of carbonyl (C=O) groups is 2. The fourth-order valence-electron chi connectivity index (χ4n) is 3.12. The van der Waals surface area contributed by atoms with Gasteiger partial charge in [0.05, 0.1) is 18.7 Å². The minimum Gasteiger partial charge on any atom is -0.455 e. The molecule has 3 rings (SSSR count). The SMILES string of the molecule is C[C@H](N)C(=O)Nc1ccc(/N=N/c2ccccc2OCOC(=O)N2CCCC2CO)c(N)n1. The van der Waals surface area contributed by atoms with Crippen LogP contribution in [0.5, 0.6) is 5.75 Å². The molecule has 0 bridgehead atoms. The number of anilines is 2. The maximum Gasteiger partial charge on any atom is 0.412 e. The topological polar surface area (TPSA) is 178 Å². The number of azo groups is 1. The Balaban J connectivity index is 1.61. The molecule has 2 amide bonds. The van der Waals surface area contributed by atoms with E-state index < -0.39 is 12.1 Å². The zero-order valence-corrected chi connectivity index (χ0v) is 18.2. The number of ether oxygens (including phenoxy) is 2. The van der Waals surface area contributed by atoms with Crippen LogP contribution in [0.1, 0.15) is 19.8 Å². The Morgan fingerprint density at radius 1 is 1.27 bits per heavy atom. The molecule has 0 saturated carbocycles. The standard InChI is InChI=1S/C21H27N7O5/c1-13(22)20(30)25-18-9-8-16(19(23)24-18)27-26-15-6-2-3-7-17(15)32-12-33-21(31)28-10-4-5-14(28)11-29/h2-3,6-9,13-14,29H,4-5,10-12,22H2,1H3,(H3,23,24,25,30)/b27-26+/t13-,14?/m0/s1. The molecule has 33 heavy (non-hydrogen) atoms. The molecule has 0 spiro atoms. The number of aliphatic hydroxyl groups excluding tert-OH is 1. The van der Waals surface area contributed by atoms with E-state index in [0.717, 1.165) is 12.8 Å². The van der Waals surface area contributed by atoms with Crippen molar-refractivity contribution in [3.05, 3.63) is 36.4 Å². The van der Waals surface area contributed by atoms with Crippen molar-refractivity contribution < 1.29 is 24.2 Å². The van der Waals surface area contributed by atoms with Crippen molar-refractivity contribution in [2.75, 3.05) is 31.0 Å². The summed E-state index contributed by atoms with van der Waals surface area (Å²) in [6.07, 6.45) is 1.02. The molecule has 2 heterocycles. The van der Waals surface area contributed by atoms with Crippen molar-refractivity contribution in [3.8, 4) is 5.75 Å². The average Bonchev–Trinajstić information content (AvgIpc) is 3.28. The van der Waals surface area contributed by atoms with Gasteiger partial charge in [0.25, 0.3) is 0 Å². The summed E-state index contributed by atoms with van der Waals surface area (Å²) < 4.78 is 10.7. The number of para-hydroxylation sites is 1. The summed E-state index contributed by atoms with van der Waals surface area (Å²) in [6, 6.07) is 8.99. The highest BCUT2D eigenvalue weighted by Crippen LogP contribution is 2.30. The number of nitrogen functional groups attached to an aromatic ring is 1. The van der Waals surface area contributed by atoms with Crippen LogP contribution in [0.4, 0.5) is 27.8 Å². The predicted octanol–water partition coefficient (Wildman–Crippen LogP) is 2.29. The van der Waals surface area contributed by atoms with Crippen LogP contribution in [0.2, 0.25) is 0 Å². The van der Waals surface area contributed by atoms with Gasteiger partial charge >= 0.3 is 6.09 Å². The van der Waals surface area contributed by atoms with Crippen LogP contribution in [0, 0.1) is 0 Å². The van der Waals surface area contributed by atoms with E-state index in [-0.39, 0.29) is 37.0 Å². The third-order valence-electron chi connectivity index (χ3n) is 4.92. The molecule has 2 atom stereocenters. The Morgan fingerprint density at radius 3 is 2.76 bits per heavy atom. The van der Waals surface area contributed by atoms with Crippen LogP contribution in [0.3, 0.4) is 0 Å². The Kier molecular flexibility index (Phi) is 8.11. The van der Waals surface area contributed by atoms with Crippen LogP contribution < -0.4 is 21.5 Å². The van der Waals surface area contributed by atoms with Gasteiger partial charge in [-0.15, -0.1) is 10.2 Å². The maximum atomic E-state index is 12.2. The molecule has 176 valence electrons. The Bertz CT molecular complexity index is 1010. The van der Waals surface area contributed by atoms with Gasteiger partial charge in [-0.25, -0.2) is 9.78 Å². The van der Waals surface area contributed by atoms with Gasteiger partial charge in [0.2, 0.25) is 12.7 Å². The zero-order valence-electron chi connectivity index (χ0n) is 18.2. The second-order valence-electron chi connectivity index (χ2n) is 7.39. The lowest BCUT2D eigenvalue weighted by Crippen LogP contribution is -2.38.